The third-order valence-corrected chi connectivity index (χ3v) is 4.11. The standard InChI is InChI=1S/C12H19N3O2S/c13-18(16,17)12-3-1-11(2-4-12)5-8-15-9-6-14-7-10-15/h1-4,14H,5-10H2,(H2,13,16,17). The van der Waals surface area contributed by atoms with Gasteiger partial charge in [0.05, 0.1) is 4.90 Å². The zero-order valence-electron chi connectivity index (χ0n) is 10.3. The summed E-state index contributed by atoms with van der Waals surface area (Å²) in [6.07, 6.45) is 0.935. The Balaban J connectivity index is 1.90. The molecule has 100 valence electrons. The third kappa shape index (κ3) is 3.78. The highest BCUT2D eigenvalue weighted by Crippen LogP contribution is 2.09. The fourth-order valence-corrected chi connectivity index (χ4v) is 2.58. The first-order valence-electron chi connectivity index (χ1n) is 6.10. The maximum absolute atomic E-state index is 11.1. The van der Waals surface area contributed by atoms with Crippen molar-refractivity contribution >= 4 is 10.0 Å². The van der Waals surface area contributed by atoms with Crippen LogP contribution in [0.1, 0.15) is 5.56 Å². The van der Waals surface area contributed by atoms with Crippen molar-refractivity contribution in [1.82, 2.24) is 10.2 Å². The van der Waals surface area contributed by atoms with Crippen LogP contribution in [0, 0.1) is 0 Å². The van der Waals surface area contributed by atoms with Crippen LogP contribution in [0.2, 0.25) is 0 Å². The van der Waals surface area contributed by atoms with E-state index in [4.69, 9.17) is 5.14 Å². The number of hydrogen-bond donors (Lipinski definition) is 2. The lowest BCUT2D eigenvalue weighted by Crippen LogP contribution is -2.44. The van der Waals surface area contributed by atoms with Crippen LogP contribution < -0.4 is 10.5 Å². The fourth-order valence-electron chi connectivity index (χ4n) is 2.07. The Labute approximate surface area is 108 Å². The van der Waals surface area contributed by atoms with Gasteiger partial charge in [0.15, 0.2) is 0 Å². The number of rotatable bonds is 4. The molecule has 0 amide bonds. The zero-order chi connectivity index (χ0) is 13.0. The number of benzene rings is 1. The lowest BCUT2D eigenvalue weighted by Gasteiger charge is -2.27. The van der Waals surface area contributed by atoms with Crippen LogP contribution in [0.15, 0.2) is 29.2 Å². The Morgan fingerprint density at radius 1 is 1.17 bits per heavy atom. The summed E-state index contributed by atoms with van der Waals surface area (Å²) in [6, 6.07) is 6.81. The Kier molecular flexibility index (Phi) is 4.34. The summed E-state index contributed by atoms with van der Waals surface area (Å²) in [6.45, 7) is 5.26. The largest absolute Gasteiger partial charge is 0.314 e. The van der Waals surface area contributed by atoms with E-state index in [0.29, 0.717) is 0 Å². The number of sulfonamides is 1. The Morgan fingerprint density at radius 2 is 1.78 bits per heavy atom. The number of piperazine rings is 1. The summed E-state index contributed by atoms with van der Waals surface area (Å²) < 4.78 is 22.2. The van der Waals surface area contributed by atoms with Crippen LogP contribution in [0.3, 0.4) is 0 Å². The monoisotopic (exact) mass is 269 g/mol. The van der Waals surface area contributed by atoms with E-state index in [0.717, 1.165) is 44.7 Å². The molecular weight excluding hydrogens is 250 g/mol. The van der Waals surface area contributed by atoms with E-state index in [2.05, 4.69) is 10.2 Å². The van der Waals surface area contributed by atoms with Crippen molar-refractivity contribution in [2.24, 2.45) is 5.14 Å². The molecule has 0 radical (unpaired) electrons. The van der Waals surface area contributed by atoms with Crippen LogP contribution in [-0.4, -0.2) is 46.0 Å². The summed E-state index contributed by atoms with van der Waals surface area (Å²) in [7, 11) is -3.57. The number of nitrogens with two attached hydrogens (primary N) is 1. The van der Waals surface area contributed by atoms with Crippen molar-refractivity contribution in [1.29, 1.82) is 0 Å². The van der Waals surface area contributed by atoms with Gasteiger partial charge in [-0.3, -0.25) is 0 Å². The summed E-state index contributed by atoms with van der Waals surface area (Å²) in [4.78, 5) is 2.58. The molecule has 0 atom stereocenters. The highest BCUT2D eigenvalue weighted by Gasteiger charge is 2.10. The average Bonchev–Trinajstić information content (AvgIpc) is 2.37. The molecule has 0 aliphatic carbocycles. The van der Waals surface area contributed by atoms with Crippen molar-refractivity contribution in [2.75, 3.05) is 32.7 Å². The van der Waals surface area contributed by atoms with Gasteiger partial charge in [0.2, 0.25) is 10.0 Å². The predicted octanol–water partition coefficient (Wildman–Crippen LogP) is -0.218. The molecule has 1 aliphatic rings. The number of hydrogen-bond acceptors (Lipinski definition) is 4. The topological polar surface area (TPSA) is 75.4 Å². The van der Waals surface area contributed by atoms with Gasteiger partial charge < -0.3 is 10.2 Å². The van der Waals surface area contributed by atoms with Gasteiger partial charge in [-0.1, -0.05) is 12.1 Å². The molecule has 0 saturated carbocycles. The third-order valence-electron chi connectivity index (χ3n) is 3.18. The van der Waals surface area contributed by atoms with Gasteiger partial charge in [-0.05, 0) is 24.1 Å². The number of nitrogens with one attached hydrogen (secondary N) is 1. The second kappa shape index (κ2) is 5.79. The first kappa shape index (κ1) is 13.5. The minimum atomic E-state index is -3.57. The quantitative estimate of drug-likeness (QED) is 0.792. The molecule has 1 aliphatic heterocycles. The molecule has 18 heavy (non-hydrogen) atoms. The molecule has 5 nitrogen and oxygen atoms in total. The van der Waals surface area contributed by atoms with E-state index in [1.54, 1.807) is 12.1 Å². The summed E-state index contributed by atoms with van der Waals surface area (Å²) >= 11 is 0. The maximum Gasteiger partial charge on any atom is 0.238 e. The van der Waals surface area contributed by atoms with Crippen molar-refractivity contribution in [3.05, 3.63) is 29.8 Å². The van der Waals surface area contributed by atoms with Crippen LogP contribution in [-0.2, 0) is 16.4 Å². The molecule has 3 N–H and O–H groups in total. The SMILES string of the molecule is NS(=O)(=O)c1ccc(CCN2CCNCC2)cc1. The lowest BCUT2D eigenvalue weighted by atomic mass is 10.1. The summed E-state index contributed by atoms with van der Waals surface area (Å²) in [5.41, 5.74) is 1.14. The smallest absolute Gasteiger partial charge is 0.238 e. The second-order valence-electron chi connectivity index (χ2n) is 4.53. The zero-order valence-corrected chi connectivity index (χ0v) is 11.1. The van der Waals surface area contributed by atoms with Crippen molar-refractivity contribution in [3.63, 3.8) is 0 Å². The van der Waals surface area contributed by atoms with Crippen molar-refractivity contribution < 1.29 is 8.42 Å². The molecule has 1 aromatic rings. The molecule has 6 heteroatoms. The van der Waals surface area contributed by atoms with Gasteiger partial charge >= 0.3 is 0 Å². The van der Waals surface area contributed by atoms with E-state index >= 15 is 0 Å². The summed E-state index contributed by atoms with van der Waals surface area (Å²) in [5.74, 6) is 0. The van der Waals surface area contributed by atoms with E-state index in [1.165, 1.54) is 0 Å². The molecule has 0 aromatic heterocycles. The minimum Gasteiger partial charge on any atom is -0.314 e. The normalized spacial score (nSPS) is 17.8. The molecule has 0 unspecified atom stereocenters. The molecular formula is C12H19N3O2S. The van der Waals surface area contributed by atoms with Gasteiger partial charge in [0, 0.05) is 32.7 Å². The van der Waals surface area contributed by atoms with Crippen LogP contribution >= 0.6 is 0 Å². The lowest BCUT2D eigenvalue weighted by molar-refractivity contribution is 0.244. The van der Waals surface area contributed by atoms with Crippen LogP contribution in [0.25, 0.3) is 0 Å². The van der Waals surface area contributed by atoms with E-state index in [-0.39, 0.29) is 4.90 Å². The van der Waals surface area contributed by atoms with Gasteiger partial charge in [0.25, 0.3) is 0 Å². The molecule has 0 bridgehead atoms. The number of nitrogens with zero attached hydrogens (tertiary/aromatic N) is 1. The predicted molar refractivity (Wildman–Crippen MR) is 70.8 cm³/mol. The second-order valence-corrected chi connectivity index (χ2v) is 6.09. The van der Waals surface area contributed by atoms with Crippen LogP contribution in [0.5, 0.6) is 0 Å². The van der Waals surface area contributed by atoms with E-state index in [9.17, 15) is 8.42 Å². The Morgan fingerprint density at radius 3 is 2.33 bits per heavy atom. The Bertz CT molecular complexity index is 479. The summed E-state index contributed by atoms with van der Waals surface area (Å²) in [5, 5.41) is 8.37. The van der Waals surface area contributed by atoms with E-state index in [1.807, 2.05) is 12.1 Å². The Hall–Kier alpha value is -0.950. The minimum absolute atomic E-state index is 0.174. The average molecular weight is 269 g/mol. The maximum atomic E-state index is 11.1. The highest BCUT2D eigenvalue weighted by atomic mass is 32.2. The van der Waals surface area contributed by atoms with Gasteiger partial charge in [0.1, 0.15) is 0 Å². The molecule has 1 fully saturated rings. The molecule has 2 rings (SSSR count). The highest BCUT2D eigenvalue weighted by molar-refractivity contribution is 7.89. The molecule has 1 saturated heterocycles. The van der Waals surface area contributed by atoms with E-state index < -0.39 is 10.0 Å². The molecule has 0 spiro atoms. The van der Waals surface area contributed by atoms with Gasteiger partial charge in [-0.15, -0.1) is 0 Å². The fraction of sp³-hybridized carbons (Fsp3) is 0.500. The molecule has 1 heterocycles. The van der Waals surface area contributed by atoms with Gasteiger partial charge in [-0.2, -0.15) is 0 Å². The first-order chi connectivity index (χ1) is 8.55. The first-order valence-corrected chi connectivity index (χ1v) is 7.65. The van der Waals surface area contributed by atoms with Gasteiger partial charge in [-0.25, -0.2) is 13.6 Å². The van der Waals surface area contributed by atoms with Crippen LogP contribution in [0.4, 0.5) is 0 Å². The number of primary sulfonamides is 1. The van der Waals surface area contributed by atoms with Crippen molar-refractivity contribution in [2.45, 2.75) is 11.3 Å². The molecule has 1 aromatic carbocycles. The van der Waals surface area contributed by atoms with Crippen molar-refractivity contribution in [3.8, 4) is 0 Å².